The Balaban J connectivity index is 0.000000668. The summed E-state index contributed by atoms with van der Waals surface area (Å²) in [5.74, 6) is 2.02. The SMILES string of the molecule is CC[NH-].CNO.[Y].c1cnc(Nc2cc(C3CCCC3)[nH]n2)nc1. The Morgan fingerprint density at radius 1 is 1.29 bits per heavy atom. The van der Waals surface area contributed by atoms with Crippen molar-refractivity contribution < 1.29 is 37.9 Å². The molecule has 24 heavy (non-hydrogen) atoms. The van der Waals surface area contributed by atoms with Gasteiger partial charge in [-0.25, -0.2) is 15.4 Å². The molecule has 0 unspecified atom stereocenters. The normalized spacial score (nSPS) is 13.0. The van der Waals surface area contributed by atoms with Gasteiger partial charge in [0.15, 0.2) is 5.82 Å². The summed E-state index contributed by atoms with van der Waals surface area (Å²) < 4.78 is 0. The molecule has 2 heterocycles. The summed E-state index contributed by atoms with van der Waals surface area (Å²) in [6.45, 7) is 2.29. The predicted octanol–water partition coefficient (Wildman–Crippen LogP) is 3.25. The van der Waals surface area contributed by atoms with E-state index in [1.807, 2.05) is 0 Å². The predicted molar refractivity (Wildman–Crippen MR) is 90.8 cm³/mol. The van der Waals surface area contributed by atoms with Crippen LogP contribution in [0.2, 0.25) is 0 Å². The largest absolute Gasteiger partial charge is 0.678 e. The van der Waals surface area contributed by atoms with Gasteiger partial charge in [-0.3, -0.25) is 5.10 Å². The van der Waals surface area contributed by atoms with Crippen LogP contribution in [0.1, 0.15) is 44.2 Å². The maximum Gasteiger partial charge on any atom is 0.228 e. The molecule has 2 aromatic heterocycles. The average Bonchev–Trinajstić information content (AvgIpc) is 3.21. The quantitative estimate of drug-likeness (QED) is 0.577. The third kappa shape index (κ3) is 8.79. The van der Waals surface area contributed by atoms with Gasteiger partial charge in [0.05, 0.1) is 0 Å². The summed E-state index contributed by atoms with van der Waals surface area (Å²) in [7, 11) is 1.43. The van der Waals surface area contributed by atoms with E-state index in [0.717, 1.165) is 5.82 Å². The van der Waals surface area contributed by atoms with Crippen LogP contribution in [0.15, 0.2) is 24.5 Å². The van der Waals surface area contributed by atoms with E-state index < -0.39 is 0 Å². The number of hydrogen-bond acceptors (Lipinski definition) is 6. The number of anilines is 2. The van der Waals surface area contributed by atoms with E-state index in [2.05, 4.69) is 31.5 Å². The minimum atomic E-state index is 0. The molecule has 1 fully saturated rings. The zero-order chi connectivity index (χ0) is 16.9. The van der Waals surface area contributed by atoms with Crippen LogP contribution < -0.4 is 10.8 Å². The first-order chi connectivity index (χ1) is 11.2. The van der Waals surface area contributed by atoms with Gasteiger partial charge in [-0.15, -0.1) is 0 Å². The van der Waals surface area contributed by atoms with Crippen molar-refractivity contribution in [1.29, 1.82) is 0 Å². The van der Waals surface area contributed by atoms with E-state index >= 15 is 0 Å². The topological polar surface area (TPSA) is 123 Å². The van der Waals surface area contributed by atoms with Gasteiger partial charge in [-0.2, -0.15) is 11.6 Å². The summed E-state index contributed by atoms with van der Waals surface area (Å²) in [5.41, 5.74) is 9.18. The standard InChI is InChI=1S/C12H15N5.C2H6N.CH5NO.Y/c1-2-5-9(4-1)10-8-11(17-16-10)15-12-13-6-3-7-14-12;2*1-2-3;/h3,6-9H,1-2,4-5H2,(H2,13,14,15,16,17);3H,2H2,1H3;2-3H,1H3;/q;-1;;. The maximum atomic E-state index is 7.32. The minimum absolute atomic E-state index is 0. The van der Waals surface area contributed by atoms with Gasteiger partial charge in [0.1, 0.15) is 0 Å². The number of aromatic amines is 1. The zero-order valence-electron chi connectivity index (χ0n) is 14.3. The monoisotopic (exact) mass is 409 g/mol. The maximum absolute atomic E-state index is 7.32. The fourth-order valence-corrected chi connectivity index (χ4v) is 2.32. The van der Waals surface area contributed by atoms with Crippen LogP contribution >= 0.6 is 0 Å². The molecule has 0 bridgehead atoms. The summed E-state index contributed by atoms with van der Waals surface area (Å²) >= 11 is 0. The zero-order valence-corrected chi connectivity index (χ0v) is 17.1. The molecule has 1 aliphatic carbocycles. The van der Waals surface area contributed by atoms with E-state index in [1.165, 1.54) is 38.4 Å². The van der Waals surface area contributed by atoms with Gasteiger partial charge in [-0.05, 0) is 18.9 Å². The molecule has 1 aliphatic rings. The summed E-state index contributed by atoms with van der Waals surface area (Å²) in [6.07, 6.45) is 8.61. The van der Waals surface area contributed by atoms with Crippen molar-refractivity contribution in [1.82, 2.24) is 25.6 Å². The van der Waals surface area contributed by atoms with Crippen molar-refractivity contribution in [3.05, 3.63) is 36.0 Å². The van der Waals surface area contributed by atoms with Crippen LogP contribution in [-0.4, -0.2) is 39.0 Å². The molecular formula is C15H26N7OY-. The van der Waals surface area contributed by atoms with Crippen LogP contribution in [0.5, 0.6) is 0 Å². The number of nitrogens with zero attached hydrogens (tertiary/aromatic N) is 3. The minimum Gasteiger partial charge on any atom is -0.678 e. The smallest absolute Gasteiger partial charge is 0.228 e. The van der Waals surface area contributed by atoms with Crippen LogP contribution in [0, 0.1) is 0 Å². The number of hydrogen-bond donors (Lipinski definition) is 4. The first kappa shape index (κ1) is 23.1. The molecule has 0 saturated heterocycles. The van der Waals surface area contributed by atoms with Crippen molar-refractivity contribution in [2.24, 2.45) is 0 Å². The second kappa shape index (κ2) is 14.4. The van der Waals surface area contributed by atoms with Gasteiger partial charge in [0.25, 0.3) is 0 Å². The molecule has 0 aromatic carbocycles. The summed E-state index contributed by atoms with van der Waals surface area (Å²) in [4.78, 5) is 8.21. The Bertz CT molecular complexity index is 516. The third-order valence-electron chi connectivity index (χ3n) is 3.20. The van der Waals surface area contributed by atoms with Gasteiger partial charge < -0.3 is 16.3 Å². The van der Waals surface area contributed by atoms with E-state index in [-0.39, 0.29) is 32.7 Å². The van der Waals surface area contributed by atoms with E-state index in [4.69, 9.17) is 10.9 Å². The molecule has 3 rings (SSSR count). The van der Waals surface area contributed by atoms with Gasteiger partial charge in [0, 0.05) is 69.8 Å². The molecule has 0 amide bonds. The van der Waals surface area contributed by atoms with Crippen LogP contribution in [0.4, 0.5) is 11.8 Å². The fraction of sp³-hybridized carbons (Fsp3) is 0.533. The Morgan fingerprint density at radius 2 is 1.83 bits per heavy atom. The number of nitrogens with one attached hydrogen (secondary N) is 4. The third-order valence-corrected chi connectivity index (χ3v) is 3.20. The number of aromatic nitrogens is 4. The molecule has 0 aliphatic heterocycles. The number of hydroxylamine groups is 1. The van der Waals surface area contributed by atoms with Crippen molar-refractivity contribution in [2.45, 2.75) is 38.5 Å². The molecule has 1 saturated carbocycles. The number of H-pyrrole nitrogens is 1. The van der Waals surface area contributed by atoms with E-state index in [9.17, 15) is 0 Å². The summed E-state index contributed by atoms with van der Waals surface area (Å²) in [5, 5.41) is 17.7. The van der Waals surface area contributed by atoms with Gasteiger partial charge in [-0.1, -0.05) is 19.8 Å². The van der Waals surface area contributed by atoms with Crippen molar-refractivity contribution in [2.75, 3.05) is 18.9 Å². The number of rotatable bonds is 3. The molecule has 5 N–H and O–H groups in total. The molecular weight excluding hydrogens is 383 g/mol. The van der Waals surface area contributed by atoms with Crippen molar-refractivity contribution >= 4 is 11.8 Å². The molecule has 9 heteroatoms. The Kier molecular flexibility index (Phi) is 13.9. The van der Waals surface area contributed by atoms with Crippen molar-refractivity contribution in [3.8, 4) is 0 Å². The Labute approximate surface area is 168 Å². The molecule has 8 nitrogen and oxygen atoms in total. The van der Waals surface area contributed by atoms with Crippen molar-refractivity contribution in [3.63, 3.8) is 0 Å². The molecule has 0 spiro atoms. The van der Waals surface area contributed by atoms with Gasteiger partial charge in [0.2, 0.25) is 5.95 Å². The second-order valence-corrected chi connectivity index (χ2v) is 4.96. The first-order valence-electron chi connectivity index (χ1n) is 7.79. The Morgan fingerprint density at radius 3 is 2.38 bits per heavy atom. The second-order valence-electron chi connectivity index (χ2n) is 4.96. The Hall–Kier alpha value is -0.926. The van der Waals surface area contributed by atoms with Crippen LogP contribution in [0.3, 0.4) is 0 Å². The molecule has 0 atom stereocenters. The van der Waals surface area contributed by atoms with Crippen LogP contribution in [-0.2, 0) is 32.7 Å². The molecule has 2 aromatic rings. The first-order valence-corrected chi connectivity index (χ1v) is 7.79. The molecule has 131 valence electrons. The van der Waals surface area contributed by atoms with E-state index in [0.29, 0.717) is 18.4 Å². The van der Waals surface area contributed by atoms with Crippen LogP contribution in [0.25, 0.3) is 5.73 Å². The molecule has 1 radical (unpaired) electrons. The summed E-state index contributed by atoms with van der Waals surface area (Å²) in [6, 6.07) is 3.85. The average molecular weight is 409 g/mol. The van der Waals surface area contributed by atoms with Gasteiger partial charge >= 0.3 is 0 Å². The van der Waals surface area contributed by atoms with E-state index in [1.54, 1.807) is 30.9 Å². The fourth-order valence-electron chi connectivity index (χ4n) is 2.32.